The lowest BCUT2D eigenvalue weighted by Gasteiger charge is -2.06. The number of hydrogen-bond donors (Lipinski definition) is 0. The van der Waals surface area contributed by atoms with Crippen LogP contribution in [0.25, 0.3) is 38.4 Å². The molecule has 0 N–H and O–H groups in total. The van der Waals surface area contributed by atoms with E-state index in [1.165, 1.54) is 0 Å². The van der Waals surface area contributed by atoms with E-state index in [1.807, 2.05) is 36.4 Å². The summed E-state index contributed by atoms with van der Waals surface area (Å²) in [5.41, 5.74) is -1.31. The number of alkyl halides is 3. The number of halogens is 3. The summed E-state index contributed by atoms with van der Waals surface area (Å²) in [6, 6.07) is 11.7. The van der Waals surface area contributed by atoms with Crippen LogP contribution in [0.4, 0.5) is 13.2 Å². The highest BCUT2D eigenvalue weighted by Gasteiger charge is 2.34. The van der Waals surface area contributed by atoms with Gasteiger partial charge in [-0.2, -0.15) is 22.8 Å². The highest BCUT2D eigenvalue weighted by Crippen LogP contribution is 2.36. The Labute approximate surface area is 136 Å². The van der Waals surface area contributed by atoms with Gasteiger partial charge in [0.15, 0.2) is 5.69 Å². The van der Waals surface area contributed by atoms with E-state index in [2.05, 4.69) is 15.1 Å². The van der Waals surface area contributed by atoms with Crippen LogP contribution in [0, 0.1) is 0 Å². The predicted octanol–water partition coefficient (Wildman–Crippen LogP) is 3.40. The molecule has 0 saturated carbocycles. The first kappa shape index (κ1) is 14.1. The zero-order chi connectivity index (χ0) is 17.3. The normalized spacial score (nSPS) is 12.8. The molecule has 5 rings (SSSR count). The summed E-state index contributed by atoms with van der Waals surface area (Å²) >= 11 is 0. The summed E-state index contributed by atoms with van der Waals surface area (Å²) < 4.78 is 39.5. The second-order valence-electron chi connectivity index (χ2n) is 5.71. The van der Waals surface area contributed by atoms with Crippen LogP contribution in [0.3, 0.4) is 0 Å². The quantitative estimate of drug-likeness (QED) is 0.433. The van der Waals surface area contributed by atoms with Crippen LogP contribution >= 0.6 is 0 Å². The van der Waals surface area contributed by atoms with Gasteiger partial charge in [-0.3, -0.25) is 4.79 Å². The van der Waals surface area contributed by atoms with Gasteiger partial charge in [0.05, 0.1) is 0 Å². The third kappa shape index (κ3) is 1.84. The molecule has 0 bridgehead atoms. The molecule has 25 heavy (non-hydrogen) atoms. The van der Waals surface area contributed by atoms with E-state index in [0.29, 0.717) is 17.1 Å². The first-order chi connectivity index (χ1) is 11.9. The Kier molecular flexibility index (Phi) is 2.49. The second kappa shape index (κ2) is 4.41. The summed E-state index contributed by atoms with van der Waals surface area (Å²) in [5.74, 6) is -0.372. The molecule has 0 aliphatic carbocycles. The van der Waals surface area contributed by atoms with Gasteiger partial charge in [-0.05, 0) is 5.39 Å². The monoisotopic (exact) mass is 340 g/mol. The molecule has 3 aromatic carbocycles. The maximum Gasteiger partial charge on any atom is 0.433 e. The maximum absolute atomic E-state index is 12.9. The number of benzene rings is 2. The highest BCUT2D eigenvalue weighted by atomic mass is 19.4. The van der Waals surface area contributed by atoms with Gasteiger partial charge >= 0.3 is 6.18 Å². The largest absolute Gasteiger partial charge is 0.433 e. The SMILES string of the molecule is O=c1cc(C(F)(F)F)nc2nc3c4cccc5cccc(c3nn12)c54. The van der Waals surface area contributed by atoms with Crippen LogP contribution in [-0.2, 0) is 6.18 Å². The van der Waals surface area contributed by atoms with E-state index in [9.17, 15) is 18.0 Å². The Bertz CT molecular complexity index is 1350. The van der Waals surface area contributed by atoms with E-state index in [4.69, 9.17) is 0 Å². The minimum Gasteiger partial charge on any atom is -0.267 e. The maximum atomic E-state index is 12.9. The molecule has 0 unspecified atom stereocenters. The van der Waals surface area contributed by atoms with Crippen molar-refractivity contribution in [2.75, 3.05) is 0 Å². The summed E-state index contributed by atoms with van der Waals surface area (Å²) in [6.45, 7) is 0. The number of rotatable bonds is 0. The third-order valence-electron chi connectivity index (χ3n) is 4.22. The van der Waals surface area contributed by atoms with E-state index in [0.717, 1.165) is 26.1 Å². The van der Waals surface area contributed by atoms with Crippen LogP contribution in [0.1, 0.15) is 5.69 Å². The lowest BCUT2D eigenvalue weighted by Crippen LogP contribution is -2.22. The molecule has 5 aromatic rings. The Morgan fingerprint density at radius 1 is 0.920 bits per heavy atom. The van der Waals surface area contributed by atoms with Gasteiger partial charge in [0, 0.05) is 22.2 Å². The summed E-state index contributed by atoms with van der Waals surface area (Å²) in [4.78, 5) is 19.8. The van der Waals surface area contributed by atoms with Gasteiger partial charge in [-0.15, -0.1) is 0 Å². The van der Waals surface area contributed by atoms with Gasteiger partial charge in [0.25, 0.3) is 11.3 Å². The van der Waals surface area contributed by atoms with Crippen LogP contribution < -0.4 is 5.56 Å². The topological polar surface area (TPSA) is 60.2 Å². The molecule has 0 fully saturated rings. The molecular weight excluding hydrogens is 333 g/mol. The van der Waals surface area contributed by atoms with Crippen molar-refractivity contribution in [2.45, 2.75) is 6.18 Å². The first-order valence-electron chi connectivity index (χ1n) is 7.35. The van der Waals surface area contributed by atoms with Crippen molar-refractivity contribution in [1.82, 2.24) is 19.6 Å². The lowest BCUT2D eigenvalue weighted by atomic mass is 10.1. The van der Waals surface area contributed by atoms with Crippen LogP contribution in [0.2, 0.25) is 0 Å². The van der Waals surface area contributed by atoms with E-state index >= 15 is 0 Å². The number of hydrogen-bond acceptors (Lipinski definition) is 4. The zero-order valence-corrected chi connectivity index (χ0v) is 12.4. The summed E-state index contributed by atoms with van der Waals surface area (Å²) in [7, 11) is 0. The van der Waals surface area contributed by atoms with Gasteiger partial charge < -0.3 is 0 Å². The molecule has 0 aliphatic heterocycles. The fraction of sp³-hybridized carbons (Fsp3) is 0.0588. The standard InChI is InChI=1S/C17H7F3N4O/c18-17(19,20)11-7-12(25)24-16(21-11)22-14-9-5-1-3-8-4-2-6-10(13(8)9)15(14)23-24/h1-7H. The highest BCUT2D eigenvalue weighted by molar-refractivity contribution is 6.27. The minimum absolute atomic E-state index is 0.372. The fourth-order valence-corrected chi connectivity index (χ4v) is 3.18. The first-order valence-corrected chi connectivity index (χ1v) is 7.35. The average molecular weight is 340 g/mol. The van der Waals surface area contributed by atoms with Crippen LogP contribution in [0.5, 0.6) is 0 Å². The van der Waals surface area contributed by atoms with E-state index < -0.39 is 17.4 Å². The van der Waals surface area contributed by atoms with Crippen molar-refractivity contribution in [3.63, 3.8) is 0 Å². The molecule has 0 amide bonds. The molecule has 5 nitrogen and oxygen atoms in total. The zero-order valence-electron chi connectivity index (χ0n) is 12.4. The number of aromatic nitrogens is 4. The van der Waals surface area contributed by atoms with Crippen molar-refractivity contribution >= 4 is 38.4 Å². The Morgan fingerprint density at radius 3 is 2.28 bits per heavy atom. The van der Waals surface area contributed by atoms with Gasteiger partial charge in [0.1, 0.15) is 11.0 Å². The molecule has 2 heterocycles. The summed E-state index contributed by atoms with van der Waals surface area (Å²) in [5, 5.41) is 7.68. The Hall–Kier alpha value is -3.29. The van der Waals surface area contributed by atoms with Crippen molar-refractivity contribution < 1.29 is 13.2 Å². The van der Waals surface area contributed by atoms with Crippen LogP contribution in [-0.4, -0.2) is 19.6 Å². The molecular formula is C17H7F3N4O. The minimum atomic E-state index is -4.72. The molecule has 8 heteroatoms. The fourth-order valence-electron chi connectivity index (χ4n) is 3.18. The summed E-state index contributed by atoms with van der Waals surface area (Å²) in [6.07, 6.45) is -4.72. The third-order valence-corrected chi connectivity index (χ3v) is 4.22. The van der Waals surface area contributed by atoms with Crippen molar-refractivity contribution in [2.24, 2.45) is 0 Å². The Balaban J connectivity index is 2.02. The number of fused-ring (bicyclic) bond motifs is 4. The second-order valence-corrected chi connectivity index (χ2v) is 5.71. The molecule has 2 aromatic heterocycles. The van der Waals surface area contributed by atoms with Gasteiger partial charge in [-0.25, -0.2) is 9.97 Å². The average Bonchev–Trinajstić information content (AvgIpc) is 2.89. The smallest absolute Gasteiger partial charge is 0.267 e. The molecule has 0 radical (unpaired) electrons. The molecule has 0 atom stereocenters. The number of nitrogens with zero attached hydrogens (tertiary/aromatic N) is 4. The van der Waals surface area contributed by atoms with Crippen molar-refractivity contribution in [1.29, 1.82) is 0 Å². The van der Waals surface area contributed by atoms with Crippen molar-refractivity contribution in [3.05, 3.63) is 58.5 Å². The van der Waals surface area contributed by atoms with E-state index in [-0.39, 0.29) is 5.78 Å². The lowest BCUT2D eigenvalue weighted by molar-refractivity contribution is -0.141. The molecule has 0 spiro atoms. The molecule has 0 aliphatic rings. The van der Waals surface area contributed by atoms with Gasteiger partial charge in [0.2, 0.25) is 0 Å². The van der Waals surface area contributed by atoms with E-state index in [1.54, 1.807) is 0 Å². The predicted molar refractivity (Wildman–Crippen MR) is 85.8 cm³/mol. The Morgan fingerprint density at radius 2 is 1.60 bits per heavy atom. The van der Waals surface area contributed by atoms with Gasteiger partial charge in [-0.1, -0.05) is 36.4 Å². The van der Waals surface area contributed by atoms with Crippen LogP contribution in [0.15, 0.2) is 47.3 Å². The van der Waals surface area contributed by atoms with Crippen molar-refractivity contribution in [3.8, 4) is 0 Å². The molecule has 0 saturated heterocycles. The molecule has 122 valence electrons.